The lowest BCUT2D eigenvalue weighted by molar-refractivity contribution is -0.203. The van der Waals surface area contributed by atoms with Gasteiger partial charge in [0.25, 0.3) is 11.8 Å². The Morgan fingerprint density at radius 2 is 1.55 bits per heavy atom. The van der Waals surface area contributed by atoms with Crippen molar-refractivity contribution < 1.29 is 62.4 Å². The van der Waals surface area contributed by atoms with E-state index in [0.717, 1.165) is 17.1 Å². The van der Waals surface area contributed by atoms with Gasteiger partial charge >= 0.3 is 0 Å². The molecule has 0 spiro atoms. The Bertz CT molecular complexity index is 2350. The first kappa shape index (κ1) is 44.7. The number of hydrogen-bond acceptors (Lipinski definition) is 12. The number of amides is 5. The molecule has 2 aromatic rings. The summed E-state index contributed by atoms with van der Waals surface area (Å²) in [5.41, 5.74) is -2.09. The van der Waals surface area contributed by atoms with E-state index in [1.165, 1.54) is 26.0 Å². The van der Waals surface area contributed by atoms with Gasteiger partial charge in [-0.15, -0.1) is 0 Å². The number of Topliss-reactive ketones (excluding diaryl/α,β-unsaturated/α-hetero) is 1. The summed E-state index contributed by atoms with van der Waals surface area (Å²) in [5, 5.41) is 29.9. The highest BCUT2D eigenvalue weighted by molar-refractivity contribution is 6.13. The number of rotatable bonds is 13. The summed E-state index contributed by atoms with van der Waals surface area (Å²) in [7, 11) is 0. The monoisotopic (exact) mass is 882 g/mol. The highest BCUT2D eigenvalue weighted by Crippen LogP contribution is 2.70. The van der Waals surface area contributed by atoms with E-state index in [2.05, 4.69) is 16.0 Å². The molecule has 5 N–H and O–H groups in total. The van der Waals surface area contributed by atoms with Gasteiger partial charge in [-0.05, 0) is 99.1 Å². The second kappa shape index (κ2) is 16.9. The van der Waals surface area contributed by atoms with Crippen LogP contribution in [0.2, 0.25) is 0 Å². The van der Waals surface area contributed by atoms with Gasteiger partial charge in [-0.2, -0.15) is 0 Å². The van der Waals surface area contributed by atoms with Crippen LogP contribution in [0.15, 0.2) is 84.5 Å². The fourth-order valence-electron chi connectivity index (χ4n) is 11.2. The fraction of sp³-hybridized carbons (Fsp3) is 0.468. The lowest BCUT2D eigenvalue weighted by Gasteiger charge is -2.60. The molecule has 1 saturated heterocycles. The second-order valence-electron chi connectivity index (χ2n) is 18.0. The van der Waals surface area contributed by atoms with Gasteiger partial charge in [-0.3, -0.25) is 38.5 Å². The number of halogens is 1. The first-order valence-corrected chi connectivity index (χ1v) is 21.5. The highest BCUT2D eigenvalue weighted by atomic mass is 19.1. The molecule has 8 rings (SSSR count). The molecule has 4 fully saturated rings. The molecular formula is C47H51FN4O12. The van der Waals surface area contributed by atoms with Crippen LogP contribution in [0.5, 0.6) is 11.5 Å². The number of benzene rings is 2. The predicted octanol–water partition coefficient (Wildman–Crippen LogP) is 3.29. The molecule has 0 radical (unpaired) electrons. The summed E-state index contributed by atoms with van der Waals surface area (Å²) >= 11 is 0. The van der Waals surface area contributed by atoms with Crippen LogP contribution in [0.4, 0.5) is 10.1 Å². The molecule has 4 aliphatic carbocycles. The maximum absolute atomic E-state index is 15.9. The zero-order chi connectivity index (χ0) is 45.9. The number of hydrogen-bond donors (Lipinski definition) is 5. The second-order valence-corrected chi connectivity index (χ2v) is 18.0. The molecule has 2 heterocycles. The van der Waals surface area contributed by atoms with Crippen molar-refractivity contribution in [2.75, 3.05) is 18.5 Å². The molecule has 338 valence electrons. The molecule has 64 heavy (non-hydrogen) atoms. The number of anilines is 1. The third-order valence-electron chi connectivity index (χ3n) is 14.3. The fourth-order valence-corrected chi connectivity index (χ4v) is 11.2. The number of ketones is 2. The maximum atomic E-state index is 15.9. The summed E-state index contributed by atoms with van der Waals surface area (Å²) in [5.74, 6) is -3.66. The molecule has 2 aliphatic heterocycles. The number of aliphatic hydroxyl groups excluding tert-OH is 2. The summed E-state index contributed by atoms with van der Waals surface area (Å²) in [6.07, 6.45) is 3.03. The molecule has 5 amide bonds. The first-order valence-electron chi connectivity index (χ1n) is 21.5. The van der Waals surface area contributed by atoms with Crippen LogP contribution in [0, 0.1) is 28.6 Å². The minimum atomic E-state index is -1.60. The zero-order valence-corrected chi connectivity index (χ0v) is 35.7. The molecule has 12 atom stereocenters. The zero-order valence-electron chi connectivity index (χ0n) is 35.7. The molecule has 0 aromatic heterocycles. The molecular weight excluding hydrogens is 832 g/mol. The third kappa shape index (κ3) is 7.67. The SMILES string of the molecule is C[C@H](NC(=O)CCN1C(=O)C=CC1=O)C(=O)N[C@@H](C)C(=O)Nc1ccc(Oc2ccc([C@@H]3O[C@@H]4CC5[C@@H]6C[C@H](F)C7=CC(=O)C=C[C@]7(C)C6[C@@H](O)C[C@]5(C)[C@]4(C(=O)CO)O3)cc2)cc1. The number of carbonyl (C=O) groups is 7. The van der Waals surface area contributed by atoms with E-state index >= 15 is 4.39 Å². The van der Waals surface area contributed by atoms with E-state index in [1.54, 1.807) is 54.6 Å². The Labute approximate surface area is 368 Å². The number of imide groups is 1. The molecule has 2 aromatic carbocycles. The Kier molecular flexibility index (Phi) is 11.8. The summed E-state index contributed by atoms with van der Waals surface area (Å²) in [6, 6.07) is 11.4. The number of ether oxygens (including phenoxy) is 3. The van der Waals surface area contributed by atoms with Crippen LogP contribution < -0.4 is 20.7 Å². The van der Waals surface area contributed by atoms with Gasteiger partial charge in [0, 0.05) is 53.1 Å². The van der Waals surface area contributed by atoms with Crippen LogP contribution in [-0.2, 0) is 43.0 Å². The van der Waals surface area contributed by atoms with Crippen molar-refractivity contribution in [2.24, 2.45) is 28.6 Å². The minimum absolute atomic E-state index is 0.0859. The van der Waals surface area contributed by atoms with E-state index in [0.29, 0.717) is 34.7 Å². The van der Waals surface area contributed by atoms with E-state index in [1.807, 2.05) is 13.8 Å². The number of aliphatic hydroxyl groups is 2. The van der Waals surface area contributed by atoms with E-state index in [-0.39, 0.29) is 43.4 Å². The normalized spacial score (nSPS) is 33.3. The van der Waals surface area contributed by atoms with Crippen molar-refractivity contribution >= 4 is 46.8 Å². The van der Waals surface area contributed by atoms with Crippen LogP contribution in [0.25, 0.3) is 0 Å². The van der Waals surface area contributed by atoms with E-state index in [9.17, 15) is 43.8 Å². The lowest BCUT2D eigenvalue weighted by atomic mass is 9.46. The number of alkyl halides is 1. The summed E-state index contributed by atoms with van der Waals surface area (Å²) in [6.45, 7) is 5.73. The Hall–Kier alpha value is -5.88. The average Bonchev–Trinajstić information content (AvgIpc) is 3.88. The lowest BCUT2D eigenvalue weighted by Crippen LogP contribution is -2.64. The van der Waals surface area contributed by atoms with Gasteiger partial charge in [0.1, 0.15) is 36.4 Å². The van der Waals surface area contributed by atoms with Crippen LogP contribution in [0.3, 0.4) is 0 Å². The van der Waals surface area contributed by atoms with Crippen molar-refractivity contribution in [2.45, 2.75) is 95.7 Å². The van der Waals surface area contributed by atoms with Gasteiger partial charge in [0.05, 0.1) is 12.2 Å². The number of fused-ring (bicyclic) bond motifs is 7. The van der Waals surface area contributed by atoms with Crippen molar-refractivity contribution in [1.82, 2.24) is 15.5 Å². The molecule has 0 bridgehead atoms. The van der Waals surface area contributed by atoms with Gasteiger partial charge in [0.15, 0.2) is 23.5 Å². The predicted molar refractivity (Wildman–Crippen MR) is 224 cm³/mol. The van der Waals surface area contributed by atoms with Gasteiger partial charge in [0.2, 0.25) is 17.7 Å². The van der Waals surface area contributed by atoms with Crippen molar-refractivity contribution in [3.63, 3.8) is 0 Å². The topological polar surface area (TPSA) is 227 Å². The van der Waals surface area contributed by atoms with Crippen molar-refractivity contribution in [3.8, 4) is 11.5 Å². The highest BCUT2D eigenvalue weighted by Gasteiger charge is 2.76. The van der Waals surface area contributed by atoms with Gasteiger partial charge in [-0.25, -0.2) is 4.39 Å². The summed E-state index contributed by atoms with van der Waals surface area (Å²) < 4.78 is 35.1. The number of nitrogens with one attached hydrogen (secondary N) is 3. The number of nitrogens with zero attached hydrogens (tertiary/aromatic N) is 1. The minimum Gasteiger partial charge on any atom is -0.457 e. The maximum Gasteiger partial charge on any atom is 0.253 e. The quantitative estimate of drug-likeness (QED) is 0.183. The van der Waals surface area contributed by atoms with Crippen LogP contribution >= 0.6 is 0 Å². The van der Waals surface area contributed by atoms with Crippen LogP contribution in [0.1, 0.15) is 65.2 Å². The molecule has 16 nitrogen and oxygen atoms in total. The molecule has 2 unspecified atom stereocenters. The Balaban J connectivity index is 0.855. The molecule has 17 heteroatoms. The van der Waals surface area contributed by atoms with Crippen molar-refractivity contribution in [3.05, 3.63) is 90.0 Å². The van der Waals surface area contributed by atoms with Crippen LogP contribution in [-0.4, -0.2) is 105 Å². The number of carbonyl (C=O) groups excluding carboxylic acids is 7. The smallest absolute Gasteiger partial charge is 0.253 e. The average molecular weight is 883 g/mol. The largest absolute Gasteiger partial charge is 0.457 e. The van der Waals surface area contributed by atoms with E-state index in [4.69, 9.17) is 14.2 Å². The summed E-state index contributed by atoms with van der Waals surface area (Å²) in [4.78, 5) is 88.3. The van der Waals surface area contributed by atoms with Gasteiger partial charge in [-0.1, -0.05) is 32.1 Å². The molecule has 3 saturated carbocycles. The Morgan fingerprint density at radius 1 is 0.906 bits per heavy atom. The molecule has 6 aliphatic rings. The first-order chi connectivity index (χ1) is 30.4. The Morgan fingerprint density at radius 3 is 2.20 bits per heavy atom. The van der Waals surface area contributed by atoms with E-state index < -0.39 is 101 Å². The van der Waals surface area contributed by atoms with Gasteiger partial charge < -0.3 is 40.4 Å². The third-order valence-corrected chi connectivity index (χ3v) is 14.3. The van der Waals surface area contributed by atoms with Crippen molar-refractivity contribution in [1.29, 1.82) is 0 Å². The standard InChI is InChI=1S/C47H51FN4O12/c1-24(49-38(57)16-18-52-39(58)13-14-40(52)59)42(60)50-25(2)43(61)51-27-7-11-30(12-8-27)62-29-9-5-26(6-10-29)44-63-37-21-32-31-20-34(48)33-19-28(54)15-17-45(33,3)41(31)35(55)22-46(32,4)47(37,64-44)36(56)23-53/h5-15,17,19,24-25,31-32,34-35,37,41,44,53,55H,16,18,20-23H2,1-4H3,(H,49,57)(H,50,60)(H,51,61)/t24-,25-,31-,32?,34-,35-,37+,41?,44+,45-,46-,47+/m0/s1. The number of allylic oxidation sites excluding steroid dienone is 4.